The summed E-state index contributed by atoms with van der Waals surface area (Å²) in [5.74, 6) is 0.731. The van der Waals surface area contributed by atoms with Gasteiger partial charge in [0.25, 0.3) is 5.91 Å². The number of azide groups is 1. The number of unbranched alkanes of at least 4 members (excludes halogenated alkanes) is 1. The van der Waals surface area contributed by atoms with E-state index in [0.29, 0.717) is 48.0 Å². The van der Waals surface area contributed by atoms with Crippen molar-refractivity contribution in [2.75, 3.05) is 19.8 Å². The minimum atomic E-state index is -1.39. The van der Waals surface area contributed by atoms with Gasteiger partial charge in [0.05, 0.1) is 6.61 Å². The number of nitrogens with zero attached hydrogens (tertiary/aromatic N) is 4. The van der Waals surface area contributed by atoms with Gasteiger partial charge < -0.3 is 19.9 Å². The molecule has 2 atom stereocenters. The number of carbonyl (C=O) groups is 1. The van der Waals surface area contributed by atoms with Gasteiger partial charge in [-0.05, 0) is 58.5 Å². The van der Waals surface area contributed by atoms with E-state index in [9.17, 15) is 10.3 Å². The van der Waals surface area contributed by atoms with Crippen LogP contribution in [0.15, 0.2) is 113 Å². The average Bonchev–Trinajstić information content (AvgIpc) is 3.47. The van der Waals surface area contributed by atoms with Gasteiger partial charge in [-0.1, -0.05) is 97.3 Å². The molecule has 0 radical (unpaired) electrons. The van der Waals surface area contributed by atoms with Crippen LogP contribution in [0.3, 0.4) is 0 Å². The number of ether oxygens (including phenoxy) is 2. The lowest BCUT2D eigenvalue weighted by atomic mass is 9.81. The first-order valence-electron chi connectivity index (χ1n) is 15.2. The third-order valence-corrected chi connectivity index (χ3v) is 7.77. The zero-order chi connectivity index (χ0) is 31.5. The van der Waals surface area contributed by atoms with Crippen molar-refractivity contribution in [1.29, 1.82) is 0 Å². The zero-order valence-electron chi connectivity index (χ0n) is 25.3. The molecule has 9 nitrogen and oxygen atoms in total. The van der Waals surface area contributed by atoms with E-state index in [1.165, 1.54) is 0 Å². The molecule has 1 heterocycles. The van der Waals surface area contributed by atoms with Gasteiger partial charge in [-0.15, -0.1) is 0 Å². The van der Waals surface area contributed by atoms with Crippen molar-refractivity contribution < 1.29 is 19.4 Å². The quantitative estimate of drug-likeness (QED) is 0.0670. The second kappa shape index (κ2) is 15.1. The Bertz CT molecular complexity index is 1650. The summed E-state index contributed by atoms with van der Waals surface area (Å²) in [7, 11) is 0. The minimum absolute atomic E-state index is 0.0572. The van der Waals surface area contributed by atoms with Crippen molar-refractivity contribution in [2.24, 2.45) is 10.1 Å². The van der Waals surface area contributed by atoms with Gasteiger partial charge >= 0.3 is 0 Å². The van der Waals surface area contributed by atoms with E-state index in [2.05, 4.69) is 34.4 Å². The topological polar surface area (TPSA) is 129 Å². The lowest BCUT2D eigenvalue weighted by Gasteiger charge is -2.31. The number of aliphatic imine (C=N–C) groups is 1. The van der Waals surface area contributed by atoms with Gasteiger partial charge in [0.15, 0.2) is 11.6 Å². The molecule has 9 heteroatoms. The van der Waals surface area contributed by atoms with Gasteiger partial charge in [0.2, 0.25) is 5.90 Å². The Labute approximate surface area is 263 Å². The van der Waals surface area contributed by atoms with Gasteiger partial charge in [-0.2, -0.15) is 0 Å². The first-order valence-corrected chi connectivity index (χ1v) is 15.2. The molecule has 4 aromatic carbocycles. The Morgan fingerprint density at radius 2 is 1.64 bits per heavy atom. The third-order valence-electron chi connectivity index (χ3n) is 7.77. The number of benzene rings is 4. The van der Waals surface area contributed by atoms with Crippen molar-refractivity contribution in [3.05, 3.63) is 130 Å². The number of amides is 1. The highest BCUT2D eigenvalue weighted by Gasteiger charge is 2.53. The highest BCUT2D eigenvalue weighted by atomic mass is 16.5. The maximum atomic E-state index is 14.3. The van der Waals surface area contributed by atoms with E-state index in [-0.39, 0.29) is 18.9 Å². The van der Waals surface area contributed by atoms with E-state index >= 15 is 0 Å². The van der Waals surface area contributed by atoms with Crippen LogP contribution in [0, 0.1) is 0 Å². The van der Waals surface area contributed by atoms with Crippen molar-refractivity contribution in [3.8, 4) is 16.9 Å². The molecular weight excluding hydrogens is 566 g/mol. The summed E-state index contributed by atoms with van der Waals surface area (Å²) in [6.07, 6.45) is 1.67. The number of rotatable bonds is 14. The lowest BCUT2D eigenvalue weighted by molar-refractivity contribution is -0.128. The van der Waals surface area contributed by atoms with Crippen molar-refractivity contribution in [3.63, 3.8) is 0 Å². The molecule has 0 aromatic heterocycles. The Balaban J connectivity index is 1.59. The fraction of sp³-hybridized carbons (Fsp3) is 0.278. The first-order chi connectivity index (χ1) is 22.1. The van der Waals surface area contributed by atoms with Crippen LogP contribution >= 0.6 is 0 Å². The predicted molar refractivity (Wildman–Crippen MR) is 175 cm³/mol. The SMILES string of the molecule is CCCCNC(=O)[C@]1(Cc2ccccc2N=[N+]=[N-])N=C(c2ccc(OCCCO)cc2)O[C@@H]1c1ccc(-c2ccccc2)cc1. The van der Waals surface area contributed by atoms with E-state index < -0.39 is 11.6 Å². The molecule has 1 aliphatic rings. The van der Waals surface area contributed by atoms with Crippen LogP contribution in [-0.4, -0.2) is 42.2 Å². The Hall–Kier alpha value is -5.11. The maximum absolute atomic E-state index is 14.3. The molecular formula is C36H37N5O4. The number of nitrogens with one attached hydrogen (secondary N) is 1. The molecule has 0 aliphatic carbocycles. The summed E-state index contributed by atoms with van der Waals surface area (Å²) >= 11 is 0. The summed E-state index contributed by atoms with van der Waals surface area (Å²) < 4.78 is 12.4. The predicted octanol–water partition coefficient (Wildman–Crippen LogP) is 7.47. The van der Waals surface area contributed by atoms with E-state index in [4.69, 9.17) is 19.6 Å². The second-order valence-electron chi connectivity index (χ2n) is 10.9. The van der Waals surface area contributed by atoms with Crippen LogP contribution in [0.25, 0.3) is 21.6 Å². The summed E-state index contributed by atoms with van der Waals surface area (Å²) in [5.41, 5.74) is 12.6. The average molecular weight is 604 g/mol. The van der Waals surface area contributed by atoms with Crippen LogP contribution in [0.2, 0.25) is 0 Å². The fourth-order valence-corrected chi connectivity index (χ4v) is 5.39. The number of carbonyl (C=O) groups excluding carboxylic acids is 1. The summed E-state index contributed by atoms with van der Waals surface area (Å²) in [5, 5.41) is 16.1. The molecule has 45 heavy (non-hydrogen) atoms. The normalized spacial score (nSPS) is 17.1. The molecule has 230 valence electrons. The molecule has 4 aromatic rings. The fourth-order valence-electron chi connectivity index (χ4n) is 5.39. The molecule has 0 fully saturated rings. The van der Waals surface area contributed by atoms with Crippen LogP contribution in [0.5, 0.6) is 5.75 Å². The molecule has 1 aliphatic heterocycles. The van der Waals surface area contributed by atoms with Crippen LogP contribution in [-0.2, 0) is 16.0 Å². The maximum Gasteiger partial charge on any atom is 0.252 e. The lowest BCUT2D eigenvalue weighted by Crippen LogP contribution is -2.50. The minimum Gasteiger partial charge on any atom is -0.494 e. The Morgan fingerprint density at radius 1 is 0.956 bits per heavy atom. The monoisotopic (exact) mass is 603 g/mol. The second-order valence-corrected chi connectivity index (χ2v) is 10.9. The third kappa shape index (κ3) is 7.34. The van der Waals surface area contributed by atoms with Gasteiger partial charge in [-0.3, -0.25) is 4.79 Å². The zero-order valence-corrected chi connectivity index (χ0v) is 25.3. The summed E-state index contributed by atoms with van der Waals surface area (Å²) in [6.45, 7) is 3.03. The molecule has 0 unspecified atom stereocenters. The van der Waals surface area contributed by atoms with E-state index in [0.717, 1.165) is 29.5 Å². The number of aliphatic hydroxyl groups is 1. The number of aliphatic hydroxyl groups excluding tert-OH is 1. The highest BCUT2D eigenvalue weighted by Crippen LogP contribution is 2.44. The van der Waals surface area contributed by atoms with Crippen molar-refractivity contribution >= 4 is 17.5 Å². The Kier molecular flexibility index (Phi) is 10.5. The van der Waals surface area contributed by atoms with Gasteiger partial charge in [-0.25, -0.2) is 4.99 Å². The summed E-state index contributed by atoms with van der Waals surface area (Å²) in [6, 6.07) is 32.7. The highest BCUT2D eigenvalue weighted by molar-refractivity contribution is 6.01. The first kappa shape index (κ1) is 31.3. The molecule has 5 rings (SSSR count). The number of hydrogen-bond donors (Lipinski definition) is 2. The van der Waals surface area contributed by atoms with Crippen LogP contribution < -0.4 is 10.1 Å². The van der Waals surface area contributed by atoms with Crippen molar-refractivity contribution in [1.82, 2.24) is 5.32 Å². The van der Waals surface area contributed by atoms with Gasteiger partial charge in [0.1, 0.15) is 5.75 Å². The molecule has 0 bridgehead atoms. The molecule has 2 N–H and O–H groups in total. The summed E-state index contributed by atoms with van der Waals surface area (Å²) in [4.78, 5) is 22.4. The van der Waals surface area contributed by atoms with Crippen LogP contribution in [0.1, 0.15) is 49.0 Å². The van der Waals surface area contributed by atoms with Crippen molar-refractivity contribution in [2.45, 2.75) is 44.2 Å². The number of hydrogen-bond acceptors (Lipinski definition) is 6. The van der Waals surface area contributed by atoms with Gasteiger partial charge in [0, 0.05) is 42.2 Å². The molecule has 1 amide bonds. The van der Waals surface area contributed by atoms with E-state index in [1.54, 1.807) is 12.1 Å². The van der Waals surface area contributed by atoms with Crippen LogP contribution in [0.4, 0.5) is 5.69 Å². The smallest absolute Gasteiger partial charge is 0.252 e. The molecule has 0 saturated heterocycles. The molecule has 0 saturated carbocycles. The Morgan fingerprint density at radius 3 is 2.36 bits per heavy atom. The largest absolute Gasteiger partial charge is 0.494 e. The van der Waals surface area contributed by atoms with E-state index in [1.807, 2.05) is 78.9 Å². The standard InChI is InChI=1S/C36H37N5O4/c1-2-3-22-38-35(43)36(25-30-12-7-8-13-32(30)40-41-37)33(28-16-14-27(15-17-28)26-10-5-4-6-11-26)45-34(39-36)29-18-20-31(21-19-29)44-24-9-23-42/h4-8,10-21,33,42H,2-3,9,22-25H2,1H3,(H,38,43)/t33-,36-/m1/s1. The molecule has 0 spiro atoms.